The smallest absolute Gasteiger partial charge is 0.372 e. The van der Waals surface area contributed by atoms with Crippen molar-refractivity contribution in [2.24, 2.45) is 0 Å². The molecule has 0 aromatic carbocycles. The minimum atomic E-state index is -1.67. The fourth-order valence-corrected chi connectivity index (χ4v) is 0.535. The third kappa shape index (κ3) is 5.79. The Kier molecular flexibility index (Phi) is 8.21. The van der Waals surface area contributed by atoms with E-state index in [1.807, 2.05) is 0 Å². The second-order valence-corrected chi connectivity index (χ2v) is 2.25. The summed E-state index contributed by atoms with van der Waals surface area (Å²) in [6.07, 6.45) is -3.70. The van der Waals surface area contributed by atoms with Crippen LogP contribution >= 0.6 is 0 Å². The summed E-state index contributed by atoms with van der Waals surface area (Å²) in [5.74, 6) is -2.87. The second-order valence-electron chi connectivity index (χ2n) is 2.25. The number of rotatable bonds is 5. The van der Waals surface area contributed by atoms with Gasteiger partial charge in [-0.05, 0) is 0 Å². The van der Waals surface area contributed by atoms with Gasteiger partial charge in [-0.15, -0.1) is 0 Å². The number of aliphatic hydroxyl groups excluding tert-OH is 3. The first-order valence-electron chi connectivity index (χ1n) is 3.22. The van der Waals surface area contributed by atoms with E-state index in [-0.39, 0.29) is 18.9 Å². The van der Waals surface area contributed by atoms with Crippen molar-refractivity contribution in [3.8, 4) is 0 Å². The third-order valence-corrected chi connectivity index (χ3v) is 1.26. The number of aliphatic hydroxyl groups is 3. The Labute approximate surface area is 86.4 Å². The summed E-state index contributed by atoms with van der Waals surface area (Å²) in [4.78, 5) is 20.4. The van der Waals surface area contributed by atoms with Gasteiger partial charge in [-0.1, -0.05) is 0 Å². The van der Waals surface area contributed by atoms with Crippen LogP contribution < -0.4 is 0 Å². The van der Waals surface area contributed by atoms with Crippen molar-refractivity contribution in [1.29, 1.82) is 0 Å². The van der Waals surface area contributed by atoms with Gasteiger partial charge in [-0.3, -0.25) is 4.79 Å². The molecule has 0 rings (SSSR count). The molecule has 13 heavy (non-hydrogen) atoms. The molecule has 0 saturated carbocycles. The van der Waals surface area contributed by atoms with E-state index in [1.54, 1.807) is 0 Å². The SMILES string of the molecule is O=C(O)C(=O)C[C@H](O)[C@H](O)CO.[Li]. The van der Waals surface area contributed by atoms with Crippen LogP contribution in [0.4, 0.5) is 0 Å². The average Bonchev–Trinajstić information content (AvgIpc) is 2.02. The summed E-state index contributed by atoms with van der Waals surface area (Å²) in [6.45, 7) is -0.714. The molecule has 4 N–H and O–H groups in total. The zero-order valence-corrected chi connectivity index (χ0v) is 7.17. The van der Waals surface area contributed by atoms with Crippen LogP contribution in [0.25, 0.3) is 0 Å². The first-order chi connectivity index (χ1) is 5.49. The van der Waals surface area contributed by atoms with Gasteiger partial charge in [-0.25, -0.2) is 4.79 Å². The van der Waals surface area contributed by atoms with E-state index in [1.165, 1.54) is 0 Å². The van der Waals surface area contributed by atoms with Crippen molar-refractivity contribution >= 4 is 30.6 Å². The standard InChI is InChI=1S/C6H10O6.Li/c7-2-5(10)3(8)1-4(9)6(11)12;/h3,5,7-8,10H,1-2H2,(H,11,12);/t3-,5+;/m0./s1. The minimum Gasteiger partial charge on any atom is -0.475 e. The molecule has 1 radical (unpaired) electrons. The maximum absolute atomic E-state index is 10.4. The van der Waals surface area contributed by atoms with Crippen LogP contribution in [0.3, 0.4) is 0 Å². The van der Waals surface area contributed by atoms with Gasteiger partial charge in [0.1, 0.15) is 6.10 Å². The van der Waals surface area contributed by atoms with Crippen LogP contribution in [0.15, 0.2) is 0 Å². The van der Waals surface area contributed by atoms with E-state index in [2.05, 4.69) is 0 Å². The van der Waals surface area contributed by atoms with Crippen molar-refractivity contribution in [2.45, 2.75) is 18.6 Å². The molecule has 71 valence electrons. The van der Waals surface area contributed by atoms with Gasteiger partial charge in [0.15, 0.2) is 0 Å². The number of carboxylic acid groups (broad SMARTS) is 1. The first kappa shape index (κ1) is 15.1. The Morgan fingerprint density at radius 1 is 1.15 bits per heavy atom. The molecule has 7 heteroatoms. The summed E-state index contributed by atoms with van der Waals surface area (Å²) < 4.78 is 0. The van der Waals surface area contributed by atoms with Gasteiger partial charge >= 0.3 is 5.97 Å². The predicted molar refractivity (Wildman–Crippen MR) is 42.1 cm³/mol. The number of carbonyl (C=O) groups is 2. The van der Waals surface area contributed by atoms with Crippen LogP contribution in [-0.2, 0) is 9.59 Å². The molecule has 0 amide bonds. The summed E-state index contributed by atoms with van der Waals surface area (Å²) in [7, 11) is 0. The van der Waals surface area contributed by atoms with Gasteiger partial charge in [0.2, 0.25) is 5.78 Å². The quantitative estimate of drug-likeness (QED) is 0.275. The van der Waals surface area contributed by atoms with E-state index in [4.69, 9.17) is 20.4 Å². The Morgan fingerprint density at radius 3 is 1.92 bits per heavy atom. The monoisotopic (exact) mass is 185 g/mol. The number of hydrogen-bond acceptors (Lipinski definition) is 5. The van der Waals surface area contributed by atoms with Gasteiger partial charge in [0.05, 0.1) is 12.7 Å². The summed E-state index contributed by atoms with van der Waals surface area (Å²) in [5.41, 5.74) is 0. The van der Waals surface area contributed by atoms with Crippen LogP contribution in [0.1, 0.15) is 6.42 Å². The van der Waals surface area contributed by atoms with Crippen LogP contribution in [0.5, 0.6) is 0 Å². The van der Waals surface area contributed by atoms with Crippen LogP contribution in [-0.4, -0.2) is 69.9 Å². The second kappa shape index (κ2) is 7.06. The number of hydrogen-bond donors (Lipinski definition) is 4. The molecular formula is C6H10LiO6. The van der Waals surface area contributed by atoms with Gasteiger partial charge in [-0.2, -0.15) is 0 Å². The molecule has 0 bridgehead atoms. The van der Waals surface area contributed by atoms with Gasteiger partial charge in [0, 0.05) is 25.3 Å². The fourth-order valence-electron chi connectivity index (χ4n) is 0.535. The third-order valence-electron chi connectivity index (χ3n) is 1.26. The van der Waals surface area contributed by atoms with E-state index in [9.17, 15) is 9.59 Å². The molecule has 0 aliphatic rings. The normalized spacial score (nSPS) is 14.1. The fraction of sp³-hybridized carbons (Fsp3) is 0.667. The van der Waals surface area contributed by atoms with Crippen molar-refractivity contribution in [2.75, 3.05) is 6.61 Å². The molecule has 0 unspecified atom stereocenters. The topological polar surface area (TPSA) is 115 Å². The van der Waals surface area contributed by atoms with Crippen molar-refractivity contribution < 1.29 is 30.0 Å². The van der Waals surface area contributed by atoms with E-state index in [0.29, 0.717) is 0 Å². The van der Waals surface area contributed by atoms with Crippen molar-refractivity contribution in [3.63, 3.8) is 0 Å². The van der Waals surface area contributed by atoms with Crippen molar-refractivity contribution in [3.05, 3.63) is 0 Å². The molecule has 0 saturated heterocycles. The molecular weight excluding hydrogens is 175 g/mol. The maximum Gasteiger partial charge on any atom is 0.372 e. The number of carbonyl (C=O) groups excluding carboxylic acids is 1. The largest absolute Gasteiger partial charge is 0.475 e. The molecule has 0 aliphatic heterocycles. The molecule has 0 aliphatic carbocycles. The molecule has 0 aromatic rings. The maximum atomic E-state index is 10.4. The predicted octanol–water partition coefficient (Wildman–Crippen LogP) is -2.64. The van der Waals surface area contributed by atoms with Crippen molar-refractivity contribution in [1.82, 2.24) is 0 Å². The van der Waals surface area contributed by atoms with Gasteiger partial charge in [0.25, 0.3) is 0 Å². The molecule has 0 heterocycles. The molecule has 2 atom stereocenters. The van der Waals surface area contributed by atoms with Crippen LogP contribution in [0.2, 0.25) is 0 Å². The summed E-state index contributed by atoms with van der Waals surface area (Å²) in [6, 6.07) is 0. The number of Topliss-reactive ketones (excluding diaryl/α,β-unsaturated/α-hetero) is 1. The molecule has 0 spiro atoms. The van der Waals surface area contributed by atoms with E-state index in [0.717, 1.165) is 0 Å². The first-order valence-corrected chi connectivity index (χ1v) is 3.22. The number of carboxylic acids is 1. The molecule has 6 nitrogen and oxygen atoms in total. The minimum absolute atomic E-state index is 0. The summed E-state index contributed by atoms with van der Waals surface area (Å²) >= 11 is 0. The molecule has 0 aromatic heterocycles. The van der Waals surface area contributed by atoms with E-state index < -0.39 is 37.0 Å². The van der Waals surface area contributed by atoms with E-state index >= 15 is 0 Å². The Bertz CT molecular complexity index is 182. The zero-order chi connectivity index (χ0) is 9.72. The Balaban J connectivity index is 0. The average molecular weight is 185 g/mol. The number of ketones is 1. The van der Waals surface area contributed by atoms with Gasteiger partial charge < -0.3 is 20.4 Å². The Morgan fingerprint density at radius 2 is 1.62 bits per heavy atom. The Hall–Kier alpha value is -0.383. The van der Waals surface area contributed by atoms with Crippen LogP contribution in [0, 0.1) is 0 Å². The number of aliphatic carboxylic acids is 1. The summed E-state index contributed by atoms with van der Waals surface area (Å²) in [5, 5.41) is 33.9. The zero-order valence-electron chi connectivity index (χ0n) is 7.17. The molecule has 0 fully saturated rings.